The zero-order valence-electron chi connectivity index (χ0n) is 11.8. The number of aromatic amines is 1. The monoisotopic (exact) mass is 321 g/mol. The number of hydrogen-bond donors (Lipinski definition) is 3. The van der Waals surface area contributed by atoms with Crippen molar-refractivity contribution in [2.24, 2.45) is 0 Å². The highest BCUT2D eigenvalue weighted by atomic mass is 32.2. The van der Waals surface area contributed by atoms with Crippen molar-refractivity contribution in [3.63, 3.8) is 0 Å². The van der Waals surface area contributed by atoms with Crippen LogP contribution in [0.2, 0.25) is 0 Å². The van der Waals surface area contributed by atoms with Crippen LogP contribution in [0.5, 0.6) is 11.5 Å². The molecule has 1 aliphatic rings. The Labute approximate surface area is 130 Å². The van der Waals surface area contributed by atoms with Crippen LogP contribution in [0.3, 0.4) is 0 Å². The van der Waals surface area contributed by atoms with Crippen molar-refractivity contribution in [2.45, 2.75) is 18.1 Å². The highest BCUT2D eigenvalue weighted by Crippen LogP contribution is 2.34. The van der Waals surface area contributed by atoms with Gasteiger partial charge in [0, 0.05) is 0 Å². The second-order valence-corrected chi connectivity index (χ2v) is 5.64. The number of carbonyl (C=O) groups excluding carboxylic acids is 1. The Hall–Kier alpha value is -2.42. The third-order valence-corrected chi connectivity index (χ3v) is 3.94. The zero-order valence-corrected chi connectivity index (χ0v) is 12.6. The SMILES string of the molecule is C[C@H](NC(=O)CSc1n[nH]c(N)n1)c1ccc2c(c1)OCO2. The van der Waals surface area contributed by atoms with Gasteiger partial charge in [0.15, 0.2) is 11.5 Å². The quantitative estimate of drug-likeness (QED) is 0.706. The number of nitrogen functional groups attached to an aromatic ring is 1. The maximum absolute atomic E-state index is 12.0. The van der Waals surface area contributed by atoms with E-state index in [0.717, 1.165) is 11.3 Å². The maximum atomic E-state index is 12.0. The molecule has 1 atom stereocenters. The van der Waals surface area contributed by atoms with E-state index >= 15 is 0 Å². The maximum Gasteiger partial charge on any atom is 0.231 e. The third kappa shape index (κ3) is 3.25. The van der Waals surface area contributed by atoms with Crippen molar-refractivity contribution >= 4 is 23.6 Å². The lowest BCUT2D eigenvalue weighted by molar-refractivity contribution is -0.119. The molecule has 0 fully saturated rings. The van der Waals surface area contributed by atoms with E-state index in [1.807, 2.05) is 25.1 Å². The van der Waals surface area contributed by atoms with Crippen LogP contribution in [0.1, 0.15) is 18.5 Å². The first-order chi connectivity index (χ1) is 10.6. The van der Waals surface area contributed by atoms with Crippen LogP contribution in [-0.2, 0) is 4.79 Å². The smallest absolute Gasteiger partial charge is 0.231 e. The van der Waals surface area contributed by atoms with Crippen LogP contribution in [0, 0.1) is 0 Å². The van der Waals surface area contributed by atoms with Crippen LogP contribution in [-0.4, -0.2) is 33.6 Å². The average Bonchev–Trinajstić information content (AvgIpc) is 3.12. The van der Waals surface area contributed by atoms with Gasteiger partial charge in [-0.1, -0.05) is 17.8 Å². The molecule has 4 N–H and O–H groups in total. The third-order valence-electron chi connectivity index (χ3n) is 3.09. The first-order valence-corrected chi connectivity index (χ1v) is 7.60. The number of benzene rings is 1. The molecule has 0 bridgehead atoms. The molecule has 9 heteroatoms. The Morgan fingerprint density at radius 1 is 1.50 bits per heavy atom. The number of anilines is 1. The number of hydrogen-bond acceptors (Lipinski definition) is 7. The summed E-state index contributed by atoms with van der Waals surface area (Å²) in [6.45, 7) is 2.14. The second-order valence-electron chi connectivity index (χ2n) is 4.69. The number of carbonyl (C=O) groups is 1. The van der Waals surface area contributed by atoms with Crippen molar-refractivity contribution in [3.05, 3.63) is 23.8 Å². The van der Waals surface area contributed by atoms with Crippen LogP contribution in [0.4, 0.5) is 5.95 Å². The van der Waals surface area contributed by atoms with Gasteiger partial charge in [-0.05, 0) is 24.6 Å². The minimum atomic E-state index is -0.139. The predicted molar refractivity (Wildman–Crippen MR) is 80.6 cm³/mol. The molecule has 8 nitrogen and oxygen atoms in total. The van der Waals surface area contributed by atoms with Gasteiger partial charge < -0.3 is 20.5 Å². The summed E-state index contributed by atoms with van der Waals surface area (Å²) in [4.78, 5) is 15.9. The number of H-pyrrole nitrogens is 1. The Morgan fingerprint density at radius 3 is 3.09 bits per heavy atom. The first-order valence-electron chi connectivity index (χ1n) is 6.61. The molecule has 22 heavy (non-hydrogen) atoms. The fourth-order valence-electron chi connectivity index (χ4n) is 2.00. The van der Waals surface area contributed by atoms with Crippen molar-refractivity contribution in [1.82, 2.24) is 20.5 Å². The summed E-state index contributed by atoms with van der Waals surface area (Å²) in [6.07, 6.45) is 0. The minimum Gasteiger partial charge on any atom is -0.454 e. The van der Waals surface area contributed by atoms with Crippen molar-refractivity contribution < 1.29 is 14.3 Å². The van der Waals surface area contributed by atoms with Crippen LogP contribution < -0.4 is 20.5 Å². The Bertz CT molecular complexity index is 690. The molecule has 1 aromatic heterocycles. The number of nitrogens with one attached hydrogen (secondary N) is 2. The number of nitrogens with two attached hydrogens (primary N) is 1. The van der Waals surface area contributed by atoms with E-state index in [1.54, 1.807) is 0 Å². The van der Waals surface area contributed by atoms with Crippen LogP contribution in [0.25, 0.3) is 0 Å². The molecule has 0 radical (unpaired) electrons. The molecule has 0 saturated heterocycles. The van der Waals surface area contributed by atoms with Gasteiger partial charge >= 0.3 is 0 Å². The van der Waals surface area contributed by atoms with Crippen LogP contribution >= 0.6 is 11.8 Å². The Morgan fingerprint density at radius 2 is 2.32 bits per heavy atom. The minimum absolute atomic E-state index is 0.112. The van der Waals surface area contributed by atoms with E-state index in [2.05, 4.69) is 20.5 Å². The van der Waals surface area contributed by atoms with Gasteiger partial charge in [0.1, 0.15) is 0 Å². The normalized spacial score (nSPS) is 13.9. The molecule has 0 spiro atoms. The molecular formula is C13H15N5O3S. The molecule has 2 aromatic rings. The summed E-state index contributed by atoms with van der Waals surface area (Å²) in [7, 11) is 0. The number of fused-ring (bicyclic) bond motifs is 1. The second kappa shape index (κ2) is 6.14. The summed E-state index contributed by atoms with van der Waals surface area (Å²) < 4.78 is 10.6. The lowest BCUT2D eigenvalue weighted by Gasteiger charge is -2.14. The molecule has 1 aromatic carbocycles. The molecular weight excluding hydrogens is 306 g/mol. The summed E-state index contributed by atoms with van der Waals surface area (Å²) >= 11 is 1.22. The van der Waals surface area contributed by atoms with Gasteiger partial charge in [-0.2, -0.15) is 4.98 Å². The number of ether oxygens (including phenoxy) is 2. The Kier molecular flexibility index (Phi) is 4.05. The standard InChI is InChI=1S/C13H15N5O3S/c1-7(8-2-3-9-10(4-8)21-6-20-9)15-11(19)5-22-13-16-12(14)17-18-13/h2-4,7H,5-6H2,1H3,(H,15,19)(H3,14,16,17,18)/t7-/m0/s1. The van der Waals surface area contributed by atoms with Crippen molar-refractivity contribution in [2.75, 3.05) is 18.3 Å². The largest absolute Gasteiger partial charge is 0.454 e. The van der Waals surface area contributed by atoms with Crippen molar-refractivity contribution in [3.8, 4) is 11.5 Å². The summed E-state index contributed by atoms with van der Waals surface area (Å²) in [6, 6.07) is 5.48. The van der Waals surface area contributed by atoms with Crippen LogP contribution in [0.15, 0.2) is 23.4 Å². The summed E-state index contributed by atoms with van der Waals surface area (Å²) in [5, 5.41) is 9.74. The molecule has 2 heterocycles. The molecule has 1 aliphatic heterocycles. The number of thioether (sulfide) groups is 1. The van der Waals surface area contributed by atoms with Gasteiger partial charge in [0.2, 0.25) is 23.8 Å². The van der Waals surface area contributed by atoms with Gasteiger partial charge in [0.25, 0.3) is 0 Å². The number of amides is 1. The van der Waals surface area contributed by atoms with Crippen molar-refractivity contribution in [1.29, 1.82) is 0 Å². The van der Waals surface area contributed by atoms with E-state index in [9.17, 15) is 4.79 Å². The topological polar surface area (TPSA) is 115 Å². The van der Waals surface area contributed by atoms with Gasteiger partial charge in [-0.25, -0.2) is 5.10 Å². The van der Waals surface area contributed by atoms with E-state index < -0.39 is 0 Å². The molecule has 0 saturated carbocycles. The molecule has 116 valence electrons. The molecule has 0 aliphatic carbocycles. The number of aromatic nitrogens is 3. The molecule has 0 unspecified atom stereocenters. The number of rotatable bonds is 5. The van der Waals surface area contributed by atoms with E-state index in [0.29, 0.717) is 10.9 Å². The molecule has 3 rings (SSSR count). The number of nitrogens with zero attached hydrogens (tertiary/aromatic N) is 2. The zero-order chi connectivity index (χ0) is 15.5. The fraction of sp³-hybridized carbons (Fsp3) is 0.308. The van der Waals surface area contributed by atoms with E-state index in [1.165, 1.54) is 11.8 Å². The lowest BCUT2D eigenvalue weighted by atomic mass is 10.1. The lowest BCUT2D eigenvalue weighted by Crippen LogP contribution is -2.28. The highest BCUT2D eigenvalue weighted by Gasteiger charge is 2.17. The fourth-order valence-corrected chi connectivity index (χ4v) is 2.62. The highest BCUT2D eigenvalue weighted by molar-refractivity contribution is 7.99. The Balaban J connectivity index is 1.54. The van der Waals surface area contributed by atoms with E-state index in [-0.39, 0.29) is 30.4 Å². The first kappa shape index (κ1) is 14.5. The predicted octanol–water partition coefficient (Wildman–Crippen LogP) is 1.09. The van der Waals surface area contributed by atoms with Gasteiger partial charge in [-0.3, -0.25) is 4.79 Å². The van der Waals surface area contributed by atoms with Gasteiger partial charge in [0.05, 0.1) is 11.8 Å². The van der Waals surface area contributed by atoms with Gasteiger partial charge in [-0.15, -0.1) is 5.10 Å². The van der Waals surface area contributed by atoms with E-state index in [4.69, 9.17) is 15.2 Å². The summed E-state index contributed by atoms with van der Waals surface area (Å²) in [5.41, 5.74) is 6.37. The average molecular weight is 321 g/mol. The summed E-state index contributed by atoms with van der Waals surface area (Å²) in [5.74, 6) is 1.76. The molecule has 1 amide bonds.